The molecule has 2 fully saturated rings. The first-order chi connectivity index (χ1) is 8.52. The maximum atomic E-state index is 12.2. The quantitative estimate of drug-likeness (QED) is 0.794. The molecule has 0 bridgehead atoms. The van der Waals surface area contributed by atoms with Gasteiger partial charge in [-0.3, -0.25) is 0 Å². The molecule has 2 N–H and O–H groups in total. The van der Waals surface area contributed by atoms with Crippen LogP contribution in [0.15, 0.2) is 0 Å². The van der Waals surface area contributed by atoms with Crippen LogP contribution in [0.1, 0.15) is 39.0 Å². The van der Waals surface area contributed by atoms with E-state index in [-0.39, 0.29) is 5.41 Å². The third-order valence-electron chi connectivity index (χ3n) is 4.16. The molecule has 0 unspecified atom stereocenters. The fraction of sp³-hybridized carbons (Fsp3) is 1.00. The maximum Gasteiger partial charge on any atom is 0.279 e. The summed E-state index contributed by atoms with van der Waals surface area (Å²) in [5.74, 6) is 0. The fourth-order valence-corrected chi connectivity index (χ4v) is 4.20. The molecule has 0 amide bonds. The largest absolute Gasteiger partial charge is 0.314 e. The molecule has 0 atom stereocenters. The van der Waals surface area contributed by atoms with Gasteiger partial charge in [-0.05, 0) is 18.3 Å². The standard InChI is InChI=1S/C12H25N3O2S/c1-12(5-3-2-4-6-12)11-14-18(16,17)15-9-7-13-8-10-15/h13-14H,2-11H2,1H3. The third kappa shape index (κ3) is 3.66. The molecule has 1 aliphatic carbocycles. The molecule has 0 aromatic carbocycles. The van der Waals surface area contributed by atoms with Gasteiger partial charge in [-0.15, -0.1) is 0 Å². The molecule has 2 rings (SSSR count). The van der Waals surface area contributed by atoms with Gasteiger partial charge in [0.1, 0.15) is 0 Å². The lowest BCUT2D eigenvalue weighted by Crippen LogP contribution is -2.52. The fourth-order valence-electron chi connectivity index (χ4n) is 2.82. The second-order valence-electron chi connectivity index (χ2n) is 5.85. The molecular weight excluding hydrogens is 250 g/mol. The minimum atomic E-state index is -3.28. The Morgan fingerprint density at radius 1 is 1.17 bits per heavy atom. The SMILES string of the molecule is CC1(CNS(=O)(=O)N2CCNCC2)CCCCC1. The number of hydrogen-bond acceptors (Lipinski definition) is 3. The molecular formula is C12H25N3O2S. The van der Waals surface area contributed by atoms with Crippen molar-refractivity contribution in [1.82, 2.24) is 14.3 Å². The summed E-state index contributed by atoms with van der Waals surface area (Å²) in [6.45, 7) is 5.43. The predicted octanol–water partition coefficient (Wildman–Crippen LogP) is 0.696. The number of nitrogens with one attached hydrogen (secondary N) is 2. The van der Waals surface area contributed by atoms with E-state index >= 15 is 0 Å². The van der Waals surface area contributed by atoms with Crippen molar-refractivity contribution < 1.29 is 8.42 Å². The molecule has 1 saturated carbocycles. The highest BCUT2D eigenvalue weighted by atomic mass is 32.2. The zero-order chi connectivity index (χ0) is 13.1. The second kappa shape index (κ2) is 5.86. The zero-order valence-electron chi connectivity index (χ0n) is 11.2. The third-order valence-corrected chi connectivity index (χ3v) is 5.71. The number of piperazine rings is 1. The van der Waals surface area contributed by atoms with Crippen LogP contribution in [0.4, 0.5) is 0 Å². The van der Waals surface area contributed by atoms with Crippen molar-refractivity contribution in [3.8, 4) is 0 Å². The Balaban J connectivity index is 1.87. The van der Waals surface area contributed by atoms with Crippen LogP contribution < -0.4 is 10.0 Å². The molecule has 1 heterocycles. The number of nitrogens with zero attached hydrogens (tertiary/aromatic N) is 1. The highest BCUT2D eigenvalue weighted by Crippen LogP contribution is 2.35. The molecule has 2 aliphatic rings. The molecule has 1 aliphatic heterocycles. The Morgan fingerprint density at radius 3 is 2.39 bits per heavy atom. The van der Waals surface area contributed by atoms with E-state index in [1.807, 2.05) is 0 Å². The summed E-state index contributed by atoms with van der Waals surface area (Å²) >= 11 is 0. The van der Waals surface area contributed by atoms with Gasteiger partial charge in [0.25, 0.3) is 10.2 Å². The molecule has 0 spiro atoms. The Kier molecular flexibility index (Phi) is 4.64. The van der Waals surface area contributed by atoms with Crippen LogP contribution in [0.2, 0.25) is 0 Å². The minimum Gasteiger partial charge on any atom is -0.314 e. The lowest BCUT2D eigenvalue weighted by Gasteiger charge is -2.35. The van der Waals surface area contributed by atoms with E-state index < -0.39 is 10.2 Å². The smallest absolute Gasteiger partial charge is 0.279 e. The summed E-state index contributed by atoms with van der Waals surface area (Å²) in [7, 11) is -3.28. The maximum absolute atomic E-state index is 12.2. The van der Waals surface area contributed by atoms with Crippen LogP contribution in [0.5, 0.6) is 0 Å². The van der Waals surface area contributed by atoms with Crippen molar-refractivity contribution in [3.05, 3.63) is 0 Å². The Labute approximate surface area is 110 Å². The number of hydrogen-bond donors (Lipinski definition) is 2. The van der Waals surface area contributed by atoms with Gasteiger partial charge >= 0.3 is 0 Å². The predicted molar refractivity (Wildman–Crippen MR) is 72.6 cm³/mol. The van der Waals surface area contributed by atoms with E-state index in [0.717, 1.165) is 25.9 Å². The highest BCUT2D eigenvalue weighted by molar-refractivity contribution is 7.87. The summed E-state index contributed by atoms with van der Waals surface area (Å²) in [4.78, 5) is 0. The van der Waals surface area contributed by atoms with E-state index in [2.05, 4.69) is 17.0 Å². The lowest BCUT2D eigenvalue weighted by atomic mass is 9.76. The minimum absolute atomic E-state index is 0.152. The molecule has 18 heavy (non-hydrogen) atoms. The van der Waals surface area contributed by atoms with Crippen LogP contribution in [0.25, 0.3) is 0 Å². The Bertz CT molecular complexity index is 358. The van der Waals surface area contributed by atoms with Crippen LogP contribution >= 0.6 is 0 Å². The Morgan fingerprint density at radius 2 is 1.78 bits per heavy atom. The zero-order valence-corrected chi connectivity index (χ0v) is 12.1. The molecule has 5 nitrogen and oxygen atoms in total. The highest BCUT2D eigenvalue weighted by Gasteiger charge is 2.30. The molecule has 0 radical (unpaired) electrons. The van der Waals surface area contributed by atoms with E-state index in [1.165, 1.54) is 19.3 Å². The lowest BCUT2D eigenvalue weighted by molar-refractivity contribution is 0.217. The second-order valence-corrected chi connectivity index (χ2v) is 7.60. The normalized spacial score (nSPS) is 26.1. The average molecular weight is 275 g/mol. The van der Waals surface area contributed by atoms with Crippen LogP contribution in [-0.2, 0) is 10.2 Å². The van der Waals surface area contributed by atoms with E-state index in [9.17, 15) is 8.42 Å². The Hall–Kier alpha value is -0.170. The van der Waals surface area contributed by atoms with Crippen molar-refractivity contribution in [2.24, 2.45) is 5.41 Å². The van der Waals surface area contributed by atoms with Gasteiger partial charge in [0.2, 0.25) is 0 Å². The topological polar surface area (TPSA) is 61.4 Å². The van der Waals surface area contributed by atoms with Gasteiger partial charge in [0.15, 0.2) is 0 Å². The van der Waals surface area contributed by atoms with Gasteiger partial charge in [-0.25, -0.2) is 4.72 Å². The van der Waals surface area contributed by atoms with Crippen molar-refractivity contribution in [3.63, 3.8) is 0 Å². The first kappa shape index (κ1) is 14.2. The molecule has 106 valence electrons. The summed E-state index contributed by atoms with van der Waals surface area (Å²) in [5, 5.41) is 3.17. The van der Waals surface area contributed by atoms with Crippen molar-refractivity contribution >= 4 is 10.2 Å². The van der Waals surface area contributed by atoms with Gasteiger partial charge in [-0.2, -0.15) is 12.7 Å². The molecule has 6 heteroatoms. The monoisotopic (exact) mass is 275 g/mol. The number of rotatable bonds is 4. The summed E-state index contributed by atoms with van der Waals surface area (Å²) in [5.41, 5.74) is 0.152. The molecule has 0 aromatic rings. The first-order valence-corrected chi connectivity index (χ1v) is 8.41. The first-order valence-electron chi connectivity index (χ1n) is 6.97. The molecule has 0 aromatic heterocycles. The van der Waals surface area contributed by atoms with Gasteiger partial charge < -0.3 is 5.32 Å². The van der Waals surface area contributed by atoms with E-state index in [1.54, 1.807) is 4.31 Å². The van der Waals surface area contributed by atoms with Crippen LogP contribution in [0, 0.1) is 5.41 Å². The summed E-state index contributed by atoms with van der Waals surface area (Å²) in [6, 6.07) is 0. The van der Waals surface area contributed by atoms with Crippen molar-refractivity contribution in [2.45, 2.75) is 39.0 Å². The van der Waals surface area contributed by atoms with Crippen LogP contribution in [0.3, 0.4) is 0 Å². The van der Waals surface area contributed by atoms with E-state index in [0.29, 0.717) is 19.6 Å². The van der Waals surface area contributed by atoms with Gasteiger partial charge in [0, 0.05) is 32.7 Å². The van der Waals surface area contributed by atoms with Crippen LogP contribution in [-0.4, -0.2) is 45.4 Å². The van der Waals surface area contributed by atoms with Gasteiger partial charge in [0.05, 0.1) is 0 Å². The summed E-state index contributed by atoms with van der Waals surface area (Å²) in [6.07, 6.45) is 6.02. The summed E-state index contributed by atoms with van der Waals surface area (Å²) < 4.78 is 28.7. The average Bonchev–Trinajstić information content (AvgIpc) is 2.39. The van der Waals surface area contributed by atoms with Crippen molar-refractivity contribution in [2.75, 3.05) is 32.7 Å². The van der Waals surface area contributed by atoms with E-state index in [4.69, 9.17) is 0 Å². The molecule has 1 saturated heterocycles. The van der Waals surface area contributed by atoms with Gasteiger partial charge in [-0.1, -0.05) is 26.2 Å². The van der Waals surface area contributed by atoms with Crippen molar-refractivity contribution in [1.29, 1.82) is 0 Å².